The van der Waals surface area contributed by atoms with Gasteiger partial charge in [0.1, 0.15) is 22.8 Å². The van der Waals surface area contributed by atoms with E-state index in [0.29, 0.717) is 22.8 Å². The van der Waals surface area contributed by atoms with Crippen molar-refractivity contribution in [2.75, 3.05) is 14.2 Å². The highest BCUT2D eigenvalue weighted by atomic mass is 16.5. The Morgan fingerprint density at radius 3 is 2.64 bits per heavy atom. The largest absolute Gasteiger partial charge is 0.497 e. The quantitative estimate of drug-likeness (QED) is 0.713. The first-order valence-electron chi connectivity index (χ1n) is 7.39. The van der Waals surface area contributed by atoms with Gasteiger partial charge in [-0.15, -0.1) is 10.2 Å². The monoisotopic (exact) mass is 340 g/mol. The normalized spacial score (nSPS) is 11.2. The molecule has 0 unspecified atom stereocenters. The summed E-state index contributed by atoms with van der Waals surface area (Å²) in [6.07, 6.45) is 1.71. The Morgan fingerprint density at radius 2 is 1.96 bits per heavy atom. The van der Waals surface area contributed by atoms with Gasteiger partial charge in [-0.2, -0.15) is 0 Å². The van der Waals surface area contributed by atoms with Gasteiger partial charge >= 0.3 is 5.97 Å². The molecule has 0 aliphatic heterocycles. The summed E-state index contributed by atoms with van der Waals surface area (Å²) in [5, 5.41) is 17.6. The zero-order valence-electron chi connectivity index (χ0n) is 13.9. The van der Waals surface area contributed by atoms with Gasteiger partial charge in [0, 0.05) is 12.3 Å². The molecule has 0 saturated heterocycles. The second-order valence-electron chi connectivity index (χ2n) is 5.26. The van der Waals surface area contributed by atoms with Gasteiger partial charge in [-0.1, -0.05) is 0 Å². The van der Waals surface area contributed by atoms with Crippen LogP contribution in [0.25, 0.3) is 5.65 Å². The van der Waals surface area contributed by atoms with Gasteiger partial charge in [-0.05, 0) is 36.8 Å². The molecule has 25 heavy (non-hydrogen) atoms. The van der Waals surface area contributed by atoms with Gasteiger partial charge < -0.3 is 14.6 Å². The molecular weight excluding hydrogens is 324 g/mol. The molecule has 8 nitrogen and oxygen atoms in total. The molecule has 3 aromatic rings. The van der Waals surface area contributed by atoms with Crippen LogP contribution in [-0.4, -0.2) is 34.7 Å². The fraction of sp³-hybridized carbons (Fsp3) is 0.176. The maximum absolute atomic E-state index is 11.5. The van der Waals surface area contributed by atoms with E-state index >= 15 is 0 Å². The summed E-state index contributed by atoms with van der Waals surface area (Å²) in [7, 11) is 3.06. The number of benzene rings is 1. The van der Waals surface area contributed by atoms with Crippen LogP contribution in [0.5, 0.6) is 11.5 Å². The highest BCUT2D eigenvalue weighted by molar-refractivity contribution is 5.91. The number of methoxy groups -OCH3 is 2. The smallest absolute Gasteiger partial charge is 0.358 e. The molecule has 128 valence electrons. The van der Waals surface area contributed by atoms with E-state index in [2.05, 4.69) is 15.2 Å². The first-order chi connectivity index (χ1) is 12.0. The molecule has 2 heterocycles. The summed E-state index contributed by atoms with van der Waals surface area (Å²) in [6, 6.07) is 8.68. The van der Waals surface area contributed by atoms with Crippen molar-refractivity contribution in [3.05, 3.63) is 47.8 Å². The molecular formula is C17H16N4O4. The molecule has 1 aromatic carbocycles. The van der Waals surface area contributed by atoms with E-state index in [0.717, 1.165) is 5.56 Å². The van der Waals surface area contributed by atoms with Gasteiger partial charge in [0.15, 0.2) is 11.5 Å². The number of carboxylic acids is 1. The van der Waals surface area contributed by atoms with Crippen LogP contribution in [-0.2, 0) is 0 Å². The molecule has 0 radical (unpaired) electrons. The number of nitrogens with zero attached hydrogens (tertiary/aromatic N) is 4. The summed E-state index contributed by atoms with van der Waals surface area (Å²) in [4.78, 5) is 15.6. The number of aromatic nitrogens is 2. The third-order valence-corrected chi connectivity index (χ3v) is 3.60. The highest BCUT2D eigenvalue weighted by Gasteiger charge is 2.18. The first kappa shape index (κ1) is 16.4. The van der Waals surface area contributed by atoms with E-state index in [-0.39, 0.29) is 11.5 Å². The number of aryl methyl sites for hydroxylation is 1. The number of carbonyl (C=O) groups is 1. The minimum atomic E-state index is -1.17. The average molecular weight is 340 g/mol. The molecule has 0 fully saturated rings. The van der Waals surface area contributed by atoms with Crippen LogP contribution >= 0.6 is 0 Å². The number of imidazole rings is 1. The molecule has 0 saturated carbocycles. The number of azo groups is 1. The number of rotatable bonds is 5. The fourth-order valence-electron chi connectivity index (χ4n) is 2.34. The van der Waals surface area contributed by atoms with Gasteiger partial charge in [-0.25, -0.2) is 9.78 Å². The fourth-order valence-corrected chi connectivity index (χ4v) is 2.34. The lowest BCUT2D eigenvalue weighted by atomic mass is 10.3. The summed E-state index contributed by atoms with van der Waals surface area (Å²) in [5.41, 5.74) is 1.74. The minimum Gasteiger partial charge on any atom is -0.497 e. The minimum absolute atomic E-state index is 0.139. The Morgan fingerprint density at radius 1 is 1.16 bits per heavy atom. The highest BCUT2D eigenvalue weighted by Crippen LogP contribution is 2.33. The standard InChI is InChI=1S/C17H16N4O4/c1-10-6-7-21-14(8-10)18-15(17(22)23)16(21)20-19-12-5-4-11(24-2)9-13(12)25-3/h4-9H,1-3H3,(H,22,23). The number of carboxylic acid groups (broad SMARTS) is 1. The molecule has 0 atom stereocenters. The van der Waals surface area contributed by atoms with Crippen LogP contribution < -0.4 is 9.47 Å². The van der Waals surface area contributed by atoms with Crippen molar-refractivity contribution in [3.63, 3.8) is 0 Å². The molecule has 2 aromatic heterocycles. The molecule has 0 bridgehead atoms. The lowest BCUT2D eigenvalue weighted by Gasteiger charge is -2.06. The van der Waals surface area contributed by atoms with Gasteiger partial charge in [-0.3, -0.25) is 4.40 Å². The third kappa shape index (κ3) is 3.14. The van der Waals surface area contributed by atoms with Crippen LogP contribution in [0.4, 0.5) is 11.5 Å². The summed E-state index contributed by atoms with van der Waals surface area (Å²) in [6.45, 7) is 1.90. The van der Waals surface area contributed by atoms with Crippen LogP contribution in [0.1, 0.15) is 16.1 Å². The van der Waals surface area contributed by atoms with Crippen molar-refractivity contribution in [3.8, 4) is 11.5 Å². The number of fused-ring (bicyclic) bond motifs is 1. The Balaban J connectivity index is 2.09. The molecule has 0 amide bonds. The molecule has 8 heteroatoms. The lowest BCUT2D eigenvalue weighted by Crippen LogP contribution is -1.96. The Bertz CT molecular complexity index is 978. The third-order valence-electron chi connectivity index (χ3n) is 3.60. The van der Waals surface area contributed by atoms with Crippen LogP contribution in [0.2, 0.25) is 0 Å². The second-order valence-corrected chi connectivity index (χ2v) is 5.26. The first-order valence-corrected chi connectivity index (χ1v) is 7.39. The van der Waals surface area contributed by atoms with E-state index in [9.17, 15) is 9.90 Å². The van der Waals surface area contributed by atoms with E-state index in [1.165, 1.54) is 7.11 Å². The van der Waals surface area contributed by atoms with E-state index in [1.54, 1.807) is 42.0 Å². The topological polar surface area (TPSA) is 97.8 Å². The number of hydrogen-bond acceptors (Lipinski definition) is 6. The average Bonchev–Trinajstić information content (AvgIpc) is 2.97. The predicted octanol–water partition coefficient (Wildman–Crippen LogP) is 3.77. The lowest BCUT2D eigenvalue weighted by molar-refractivity contribution is 0.0692. The molecule has 0 aliphatic carbocycles. The maximum atomic E-state index is 11.5. The molecule has 0 aliphatic rings. The predicted molar refractivity (Wildman–Crippen MR) is 90.6 cm³/mol. The Labute approximate surface area is 143 Å². The number of pyridine rings is 1. The van der Waals surface area contributed by atoms with E-state index in [1.807, 2.05) is 13.0 Å². The second kappa shape index (κ2) is 6.60. The molecule has 1 N–H and O–H groups in total. The zero-order chi connectivity index (χ0) is 18.0. The Hall–Kier alpha value is -3.42. The van der Waals surface area contributed by atoms with Crippen molar-refractivity contribution < 1.29 is 19.4 Å². The number of aromatic carboxylic acids is 1. The SMILES string of the molecule is COc1ccc(N=Nc2c(C(=O)O)nc3cc(C)ccn23)c(OC)c1. The zero-order valence-corrected chi connectivity index (χ0v) is 13.9. The summed E-state index contributed by atoms with van der Waals surface area (Å²) in [5.74, 6) is 0.0503. The van der Waals surface area contributed by atoms with Crippen molar-refractivity contribution in [2.24, 2.45) is 10.2 Å². The molecule has 3 rings (SSSR count). The van der Waals surface area contributed by atoms with Crippen LogP contribution in [0, 0.1) is 6.92 Å². The summed E-state index contributed by atoms with van der Waals surface area (Å²) < 4.78 is 12.0. The van der Waals surface area contributed by atoms with E-state index in [4.69, 9.17) is 9.47 Å². The van der Waals surface area contributed by atoms with Crippen LogP contribution in [0.3, 0.4) is 0 Å². The van der Waals surface area contributed by atoms with Gasteiger partial charge in [0.25, 0.3) is 0 Å². The molecule has 0 spiro atoms. The van der Waals surface area contributed by atoms with E-state index < -0.39 is 5.97 Å². The van der Waals surface area contributed by atoms with Crippen molar-refractivity contribution >= 4 is 23.1 Å². The Kier molecular flexibility index (Phi) is 4.34. The summed E-state index contributed by atoms with van der Waals surface area (Å²) >= 11 is 0. The van der Waals surface area contributed by atoms with Gasteiger partial charge in [0.2, 0.25) is 0 Å². The van der Waals surface area contributed by atoms with Crippen LogP contribution in [0.15, 0.2) is 46.8 Å². The van der Waals surface area contributed by atoms with Gasteiger partial charge in [0.05, 0.1) is 14.2 Å². The number of ether oxygens (including phenoxy) is 2. The maximum Gasteiger partial charge on any atom is 0.358 e. The number of hydrogen-bond donors (Lipinski definition) is 1. The van der Waals surface area contributed by atoms with Crippen molar-refractivity contribution in [2.45, 2.75) is 6.92 Å². The van der Waals surface area contributed by atoms with Crippen molar-refractivity contribution in [1.82, 2.24) is 9.38 Å². The van der Waals surface area contributed by atoms with Crippen molar-refractivity contribution in [1.29, 1.82) is 0 Å².